The van der Waals surface area contributed by atoms with Crippen molar-refractivity contribution in [2.45, 2.75) is 31.5 Å². The standard InChI is InChI=1S/C14H25N5S/c1-5-11-10-19(8-7-18(11)3)13-9-12(15-6-2)16-14(17-13)20-4/h9,11H,5-8,10H2,1-4H3,(H,15,16,17). The average molecular weight is 295 g/mol. The Bertz CT molecular complexity index is 440. The van der Waals surface area contributed by atoms with Crippen LogP contribution in [0.1, 0.15) is 20.3 Å². The van der Waals surface area contributed by atoms with Gasteiger partial charge in [-0.25, -0.2) is 9.97 Å². The van der Waals surface area contributed by atoms with Gasteiger partial charge in [0.1, 0.15) is 11.6 Å². The Morgan fingerprint density at radius 3 is 2.80 bits per heavy atom. The summed E-state index contributed by atoms with van der Waals surface area (Å²) in [6.07, 6.45) is 3.20. The highest BCUT2D eigenvalue weighted by atomic mass is 32.2. The highest BCUT2D eigenvalue weighted by molar-refractivity contribution is 7.98. The molecule has 1 N–H and O–H groups in total. The van der Waals surface area contributed by atoms with Crippen LogP contribution < -0.4 is 10.2 Å². The summed E-state index contributed by atoms with van der Waals surface area (Å²) >= 11 is 1.59. The molecule has 1 atom stereocenters. The lowest BCUT2D eigenvalue weighted by atomic mass is 10.1. The van der Waals surface area contributed by atoms with E-state index in [1.807, 2.05) is 6.26 Å². The number of anilines is 2. The Hall–Kier alpha value is -1.01. The van der Waals surface area contributed by atoms with Gasteiger partial charge in [0.2, 0.25) is 0 Å². The number of aromatic nitrogens is 2. The summed E-state index contributed by atoms with van der Waals surface area (Å²) in [6.45, 7) is 8.39. The Labute approximate surface area is 126 Å². The number of nitrogens with one attached hydrogen (secondary N) is 1. The van der Waals surface area contributed by atoms with E-state index in [1.54, 1.807) is 11.8 Å². The number of hydrogen-bond acceptors (Lipinski definition) is 6. The van der Waals surface area contributed by atoms with Crippen molar-refractivity contribution in [2.75, 3.05) is 49.7 Å². The predicted octanol–water partition coefficient (Wildman–Crippen LogP) is 2.16. The van der Waals surface area contributed by atoms with Gasteiger partial charge in [-0.1, -0.05) is 18.7 Å². The summed E-state index contributed by atoms with van der Waals surface area (Å²) in [5.74, 6) is 1.97. The minimum atomic E-state index is 0.610. The van der Waals surface area contributed by atoms with Crippen LogP contribution in [0.3, 0.4) is 0 Å². The molecule has 0 radical (unpaired) electrons. The molecule has 5 nitrogen and oxygen atoms in total. The van der Waals surface area contributed by atoms with Gasteiger partial charge >= 0.3 is 0 Å². The number of nitrogens with zero attached hydrogens (tertiary/aromatic N) is 4. The Morgan fingerprint density at radius 2 is 2.15 bits per heavy atom. The molecule has 0 amide bonds. The van der Waals surface area contributed by atoms with Crippen LogP contribution >= 0.6 is 11.8 Å². The Kier molecular flexibility index (Phi) is 5.48. The van der Waals surface area contributed by atoms with Crippen molar-refractivity contribution in [1.29, 1.82) is 0 Å². The summed E-state index contributed by atoms with van der Waals surface area (Å²) in [4.78, 5) is 14.0. The van der Waals surface area contributed by atoms with Crippen molar-refractivity contribution >= 4 is 23.4 Å². The lowest BCUT2D eigenvalue weighted by Crippen LogP contribution is -2.51. The van der Waals surface area contributed by atoms with E-state index in [0.717, 1.165) is 43.0 Å². The van der Waals surface area contributed by atoms with Gasteiger partial charge in [-0.2, -0.15) is 0 Å². The highest BCUT2D eigenvalue weighted by Crippen LogP contribution is 2.23. The van der Waals surface area contributed by atoms with Gasteiger partial charge < -0.3 is 10.2 Å². The fourth-order valence-electron chi connectivity index (χ4n) is 2.53. The lowest BCUT2D eigenvalue weighted by molar-refractivity contribution is 0.213. The first-order valence-corrected chi connectivity index (χ1v) is 8.52. The SMILES string of the molecule is CCNc1cc(N2CCN(C)C(CC)C2)nc(SC)n1. The average Bonchev–Trinajstić information content (AvgIpc) is 2.47. The Balaban J connectivity index is 2.20. The molecule has 1 unspecified atom stereocenters. The summed E-state index contributed by atoms with van der Waals surface area (Å²) in [6, 6.07) is 2.68. The molecule has 6 heteroatoms. The number of likely N-dealkylation sites (N-methyl/N-ethyl adjacent to an activating group) is 1. The first-order chi connectivity index (χ1) is 9.67. The first-order valence-electron chi connectivity index (χ1n) is 7.30. The minimum Gasteiger partial charge on any atom is -0.370 e. The third-order valence-corrected chi connectivity index (χ3v) is 4.35. The van der Waals surface area contributed by atoms with Crippen LogP contribution in [0.15, 0.2) is 11.2 Å². The van der Waals surface area contributed by atoms with Gasteiger partial charge in [0.15, 0.2) is 5.16 Å². The molecule has 0 spiro atoms. The Morgan fingerprint density at radius 1 is 1.35 bits per heavy atom. The molecule has 1 aliphatic heterocycles. The van der Waals surface area contributed by atoms with Crippen molar-refractivity contribution < 1.29 is 0 Å². The molecule has 2 rings (SSSR count). The van der Waals surface area contributed by atoms with Crippen LogP contribution in [0.25, 0.3) is 0 Å². The molecule has 1 aliphatic rings. The lowest BCUT2D eigenvalue weighted by Gasteiger charge is -2.39. The van der Waals surface area contributed by atoms with Crippen molar-refractivity contribution in [3.8, 4) is 0 Å². The van der Waals surface area contributed by atoms with E-state index in [4.69, 9.17) is 0 Å². The van der Waals surface area contributed by atoms with E-state index in [9.17, 15) is 0 Å². The molecule has 20 heavy (non-hydrogen) atoms. The predicted molar refractivity (Wildman–Crippen MR) is 86.9 cm³/mol. The van der Waals surface area contributed by atoms with Crippen LogP contribution in [0, 0.1) is 0 Å². The van der Waals surface area contributed by atoms with E-state index in [0.29, 0.717) is 6.04 Å². The molecule has 2 heterocycles. The summed E-state index contributed by atoms with van der Waals surface area (Å²) in [7, 11) is 2.21. The third kappa shape index (κ3) is 3.55. The summed E-state index contributed by atoms with van der Waals surface area (Å²) in [5, 5.41) is 4.13. The topological polar surface area (TPSA) is 44.3 Å². The van der Waals surface area contributed by atoms with Crippen molar-refractivity contribution in [1.82, 2.24) is 14.9 Å². The molecule has 1 aromatic heterocycles. The fraction of sp³-hybridized carbons (Fsp3) is 0.714. The van der Waals surface area contributed by atoms with Gasteiger partial charge in [-0.05, 0) is 26.6 Å². The molecule has 0 aliphatic carbocycles. The number of thioether (sulfide) groups is 1. The fourth-order valence-corrected chi connectivity index (χ4v) is 2.91. The monoisotopic (exact) mass is 295 g/mol. The highest BCUT2D eigenvalue weighted by Gasteiger charge is 2.24. The molecule has 112 valence electrons. The van der Waals surface area contributed by atoms with Crippen molar-refractivity contribution in [3.05, 3.63) is 6.07 Å². The normalized spacial score (nSPS) is 20.2. The third-order valence-electron chi connectivity index (χ3n) is 3.80. The van der Waals surface area contributed by atoms with E-state index in [2.05, 4.69) is 52.0 Å². The number of rotatable bonds is 5. The van der Waals surface area contributed by atoms with Gasteiger partial charge in [0, 0.05) is 38.3 Å². The molecule has 0 saturated carbocycles. The zero-order valence-electron chi connectivity index (χ0n) is 12.9. The summed E-state index contributed by atoms with van der Waals surface area (Å²) in [5.41, 5.74) is 0. The van der Waals surface area contributed by atoms with Crippen molar-refractivity contribution in [3.63, 3.8) is 0 Å². The molecule has 0 bridgehead atoms. The van der Waals surface area contributed by atoms with Gasteiger partial charge in [0.05, 0.1) is 0 Å². The molecular formula is C14H25N5S. The maximum Gasteiger partial charge on any atom is 0.191 e. The van der Waals surface area contributed by atoms with Crippen LogP contribution in [-0.2, 0) is 0 Å². The maximum atomic E-state index is 4.67. The van der Waals surface area contributed by atoms with Gasteiger partial charge in [-0.15, -0.1) is 0 Å². The van der Waals surface area contributed by atoms with E-state index >= 15 is 0 Å². The van der Waals surface area contributed by atoms with Gasteiger partial charge in [0.25, 0.3) is 0 Å². The second kappa shape index (κ2) is 7.13. The minimum absolute atomic E-state index is 0.610. The smallest absolute Gasteiger partial charge is 0.191 e. The zero-order valence-corrected chi connectivity index (χ0v) is 13.7. The van der Waals surface area contributed by atoms with Crippen LogP contribution in [-0.4, -0.2) is 60.4 Å². The first kappa shape index (κ1) is 15.4. The second-order valence-electron chi connectivity index (χ2n) is 5.12. The maximum absolute atomic E-state index is 4.67. The largest absolute Gasteiger partial charge is 0.370 e. The molecular weight excluding hydrogens is 270 g/mol. The van der Waals surface area contributed by atoms with Crippen LogP contribution in [0.2, 0.25) is 0 Å². The van der Waals surface area contributed by atoms with Gasteiger partial charge in [-0.3, -0.25) is 4.90 Å². The molecule has 1 aromatic rings. The quantitative estimate of drug-likeness (QED) is 0.663. The van der Waals surface area contributed by atoms with Crippen LogP contribution in [0.4, 0.5) is 11.6 Å². The molecule has 1 saturated heterocycles. The number of piperazine rings is 1. The van der Waals surface area contributed by atoms with Crippen LogP contribution in [0.5, 0.6) is 0 Å². The van der Waals surface area contributed by atoms with E-state index < -0.39 is 0 Å². The van der Waals surface area contributed by atoms with E-state index in [-0.39, 0.29) is 0 Å². The zero-order chi connectivity index (χ0) is 14.5. The summed E-state index contributed by atoms with van der Waals surface area (Å²) < 4.78 is 0. The second-order valence-corrected chi connectivity index (χ2v) is 5.89. The number of hydrogen-bond donors (Lipinski definition) is 1. The van der Waals surface area contributed by atoms with E-state index in [1.165, 1.54) is 6.42 Å². The molecule has 0 aromatic carbocycles. The molecule has 1 fully saturated rings. The van der Waals surface area contributed by atoms with Crippen molar-refractivity contribution in [2.24, 2.45) is 0 Å².